The van der Waals surface area contributed by atoms with Crippen molar-refractivity contribution in [1.29, 1.82) is 0 Å². The first-order chi connectivity index (χ1) is 10.5. The van der Waals surface area contributed by atoms with Gasteiger partial charge in [0.1, 0.15) is 11.5 Å². The smallest absolute Gasteiger partial charge is 0.253 e. The molecule has 2 aromatic carbocycles. The Hall–Kier alpha value is -2.95. The molecular weight excluding hydrogens is 280 g/mol. The van der Waals surface area contributed by atoms with Crippen molar-refractivity contribution >= 4 is 16.6 Å². The van der Waals surface area contributed by atoms with Crippen molar-refractivity contribution in [2.75, 3.05) is 5.32 Å². The SMILES string of the molecule is Cc1ccc2[nH]c(=O)c(CNc3cc(O)cc(O)c3)cc2c1. The zero-order valence-electron chi connectivity index (χ0n) is 12.1. The van der Waals surface area contributed by atoms with Crippen LogP contribution in [0, 0.1) is 6.92 Å². The van der Waals surface area contributed by atoms with Crippen molar-refractivity contribution in [3.05, 3.63) is 63.9 Å². The maximum Gasteiger partial charge on any atom is 0.253 e. The molecule has 1 aromatic heterocycles. The summed E-state index contributed by atoms with van der Waals surface area (Å²) in [5.41, 5.74) is 2.89. The van der Waals surface area contributed by atoms with Gasteiger partial charge in [-0.15, -0.1) is 0 Å². The van der Waals surface area contributed by atoms with E-state index in [1.165, 1.54) is 18.2 Å². The van der Waals surface area contributed by atoms with E-state index in [1.807, 2.05) is 31.2 Å². The van der Waals surface area contributed by atoms with E-state index in [0.29, 0.717) is 17.8 Å². The van der Waals surface area contributed by atoms with Gasteiger partial charge in [0.2, 0.25) is 0 Å². The summed E-state index contributed by atoms with van der Waals surface area (Å²) in [6, 6.07) is 11.9. The topological polar surface area (TPSA) is 85.4 Å². The highest BCUT2D eigenvalue weighted by Crippen LogP contribution is 2.24. The Balaban J connectivity index is 1.90. The Labute approximate surface area is 126 Å². The Bertz CT molecular complexity index is 880. The minimum atomic E-state index is -0.159. The van der Waals surface area contributed by atoms with Gasteiger partial charge in [-0.25, -0.2) is 0 Å². The van der Waals surface area contributed by atoms with Gasteiger partial charge >= 0.3 is 0 Å². The van der Waals surface area contributed by atoms with E-state index in [-0.39, 0.29) is 17.1 Å². The lowest BCUT2D eigenvalue weighted by Gasteiger charge is -2.08. The second-order valence-corrected chi connectivity index (χ2v) is 5.31. The number of phenolic OH excluding ortho intramolecular Hbond substituents is 2. The average Bonchev–Trinajstić information content (AvgIpc) is 2.44. The molecule has 5 heteroatoms. The summed E-state index contributed by atoms with van der Waals surface area (Å²) < 4.78 is 0. The second-order valence-electron chi connectivity index (χ2n) is 5.31. The first-order valence-electron chi connectivity index (χ1n) is 6.91. The van der Waals surface area contributed by atoms with Crippen LogP contribution in [0.5, 0.6) is 11.5 Å². The molecule has 0 aliphatic carbocycles. The van der Waals surface area contributed by atoms with Gasteiger partial charge in [-0.1, -0.05) is 11.6 Å². The number of fused-ring (bicyclic) bond motifs is 1. The van der Waals surface area contributed by atoms with E-state index in [2.05, 4.69) is 10.3 Å². The summed E-state index contributed by atoms with van der Waals surface area (Å²) in [7, 11) is 0. The van der Waals surface area contributed by atoms with Crippen LogP contribution in [0.2, 0.25) is 0 Å². The minimum Gasteiger partial charge on any atom is -0.508 e. The van der Waals surface area contributed by atoms with Gasteiger partial charge in [0, 0.05) is 41.5 Å². The van der Waals surface area contributed by atoms with Gasteiger partial charge in [-0.2, -0.15) is 0 Å². The van der Waals surface area contributed by atoms with Crippen LogP contribution in [0.1, 0.15) is 11.1 Å². The van der Waals surface area contributed by atoms with Crippen molar-refractivity contribution in [3.63, 3.8) is 0 Å². The van der Waals surface area contributed by atoms with Crippen molar-refractivity contribution in [1.82, 2.24) is 4.98 Å². The third-order valence-corrected chi connectivity index (χ3v) is 3.46. The van der Waals surface area contributed by atoms with Crippen LogP contribution >= 0.6 is 0 Å². The maximum atomic E-state index is 12.1. The van der Waals surface area contributed by atoms with Gasteiger partial charge in [0.25, 0.3) is 5.56 Å². The molecule has 3 aromatic rings. The summed E-state index contributed by atoms with van der Waals surface area (Å²) >= 11 is 0. The number of hydrogen-bond acceptors (Lipinski definition) is 4. The third-order valence-electron chi connectivity index (χ3n) is 3.46. The molecule has 3 rings (SSSR count). The van der Waals surface area contributed by atoms with Crippen LogP contribution in [0.25, 0.3) is 10.9 Å². The lowest BCUT2D eigenvalue weighted by molar-refractivity contribution is 0.451. The summed E-state index contributed by atoms with van der Waals surface area (Å²) in [5, 5.41) is 22.9. The molecular formula is C17H16N2O3. The summed E-state index contributed by atoms with van der Waals surface area (Å²) in [6.45, 7) is 2.29. The molecule has 22 heavy (non-hydrogen) atoms. The highest BCUT2D eigenvalue weighted by molar-refractivity contribution is 5.79. The number of aromatic amines is 1. The van der Waals surface area contributed by atoms with E-state index >= 15 is 0 Å². The maximum absolute atomic E-state index is 12.1. The fourth-order valence-electron chi connectivity index (χ4n) is 2.40. The van der Waals surface area contributed by atoms with Crippen molar-refractivity contribution in [2.45, 2.75) is 13.5 Å². The Morgan fingerprint density at radius 3 is 2.50 bits per heavy atom. The normalized spacial score (nSPS) is 10.8. The molecule has 1 heterocycles. The van der Waals surface area contributed by atoms with Gasteiger partial charge in [-0.05, 0) is 30.5 Å². The number of pyridine rings is 1. The summed E-state index contributed by atoms with van der Waals surface area (Å²) in [4.78, 5) is 14.9. The first kappa shape index (κ1) is 14.0. The number of aryl methyl sites for hydroxylation is 1. The molecule has 0 amide bonds. The Kier molecular flexibility index (Phi) is 3.47. The van der Waals surface area contributed by atoms with E-state index in [1.54, 1.807) is 0 Å². The quantitative estimate of drug-likeness (QED) is 0.598. The zero-order valence-corrected chi connectivity index (χ0v) is 12.1. The van der Waals surface area contributed by atoms with Gasteiger partial charge in [0.15, 0.2) is 0 Å². The van der Waals surface area contributed by atoms with Crippen LogP contribution in [0.3, 0.4) is 0 Å². The standard InChI is InChI=1S/C17H16N2O3/c1-10-2-3-16-11(4-10)5-12(17(22)19-16)9-18-13-6-14(20)8-15(21)7-13/h2-8,18,20-21H,9H2,1H3,(H,19,22). The average molecular weight is 296 g/mol. The van der Waals surface area contributed by atoms with Crippen LogP contribution in [-0.4, -0.2) is 15.2 Å². The fraction of sp³-hybridized carbons (Fsp3) is 0.118. The van der Waals surface area contributed by atoms with Crippen molar-refractivity contribution in [3.8, 4) is 11.5 Å². The Morgan fingerprint density at radius 1 is 1.05 bits per heavy atom. The monoisotopic (exact) mass is 296 g/mol. The molecule has 0 spiro atoms. The highest BCUT2D eigenvalue weighted by Gasteiger charge is 2.04. The van der Waals surface area contributed by atoms with Crippen molar-refractivity contribution in [2.24, 2.45) is 0 Å². The molecule has 0 radical (unpaired) electrons. The lowest BCUT2D eigenvalue weighted by atomic mass is 10.1. The molecule has 0 fully saturated rings. The number of aromatic hydroxyl groups is 2. The molecule has 0 atom stereocenters. The predicted molar refractivity (Wildman–Crippen MR) is 86.4 cm³/mol. The number of phenols is 2. The third kappa shape index (κ3) is 2.88. The van der Waals surface area contributed by atoms with Gasteiger partial charge in [-0.3, -0.25) is 4.79 Å². The fourth-order valence-corrected chi connectivity index (χ4v) is 2.40. The predicted octanol–water partition coefficient (Wildman–Crippen LogP) is 2.86. The minimum absolute atomic E-state index is 0.0365. The molecule has 0 saturated carbocycles. The van der Waals surface area contributed by atoms with Crippen LogP contribution in [-0.2, 0) is 6.54 Å². The lowest BCUT2D eigenvalue weighted by Crippen LogP contribution is -2.15. The summed E-state index contributed by atoms with van der Waals surface area (Å²) in [6.07, 6.45) is 0. The number of hydrogen-bond donors (Lipinski definition) is 4. The van der Waals surface area contributed by atoms with E-state index in [9.17, 15) is 15.0 Å². The summed E-state index contributed by atoms with van der Waals surface area (Å²) in [5.74, 6) is -0.0731. The van der Waals surface area contributed by atoms with Gasteiger partial charge in [0.05, 0.1) is 0 Å². The molecule has 0 aliphatic heterocycles. The first-order valence-corrected chi connectivity index (χ1v) is 6.91. The molecule has 0 aliphatic rings. The number of benzene rings is 2. The molecule has 5 nitrogen and oxygen atoms in total. The van der Waals surface area contributed by atoms with Crippen LogP contribution in [0.15, 0.2) is 47.3 Å². The van der Waals surface area contributed by atoms with E-state index in [4.69, 9.17) is 0 Å². The largest absolute Gasteiger partial charge is 0.508 e. The van der Waals surface area contributed by atoms with Crippen molar-refractivity contribution < 1.29 is 10.2 Å². The number of nitrogens with one attached hydrogen (secondary N) is 2. The van der Waals surface area contributed by atoms with Crippen LogP contribution in [0.4, 0.5) is 5.69 Å². The second kappa shape index (κ2) is 5.44. The number of rotatable bonds is 3. The molecule has 0 unspecified atom stereocenters. The number of aromatic nitrogens is 1. The number of anilines is 1. The zero-order chi connectivity index (χ0) is 15.7. The Morgan fingerprint density at radius 2 is 1.77 bits per heavy atom. The molecule has 4 N–H and O–H groups in total. The van der Waals surface area contributed by atoms with E-state index < -0.39 is 0 Å². The molecule has 112 valence electrons. The molecule has 0 saturated heterocycles. The number of H-pyrrole nitrogens is 1. The molecule has 0 bridgehead atoms. The van der Waals surface area contributed by atoms with Gasteiger partial charge < -0.3 is 20.5 Å². The highest BCUT2D eigenvalue weighted by atomic mass is 16.3. The van der Waals surface area contributed by atoms with Crippen LogP contribution < -0.4 is 10.9 Å². The van der Waals surface area contributed by atoms with E-state index in [0.717, 1.165) is 16.5 Å².